The maximum absolute atomic E-state index is 10.6. The molecule has 0 fully saturated rings. The maximum Gasteiger partial charge on any atom is 0.269 e. The molecule has 0 aliphatic carbocycles. The van der Waals surface area contributed by atoms with Gasteiger partial charge in [-0.1, -0.05) is 12.1 Å². The Morgan fingerprint density at radius 1 is 1.11 bits per heavy atom. The quantitative estimate of drug-likeness (QED) is 0.450. The molecule has 0 aromatic heterocycles. The van der Waals surface area contributed by atoms with Crippen LogP contribution in [0.15, 0.2) is 24.3 Å². The Bertz CT molecular complexity index is 390. The second-order valence-electron chi connectivity index (χ2n) is 4.03. The van der Waals surface area contributed by atoms with E-state index in [4.69, 9.17) is 10.2 Å². The van der Waals surface area contributed by atoms with Crippen molar-refractivity contribution in [3.8, 4) is 0 Å². The fourth-order valence-corrected chi connectivity index (χ4v) is 1.93. The smallest absolute Gasteiger partial charge is 0.269 e. The summed E-state index contributed by atoms with van der Waals surface area (Å²) in [6.07, 6.45) is 0. The van der Waals surface area contributed by atoms with E-state index >= 15 is 0 Å². The zero-order valence-corrected chi connectivity index (χ0v) is 10.5. The van der Waals surface area contributed by atoms with Gasteiger partial charge in [-0.05, 0) is 5.56 Å². The van der Waals surface area contributed by atoms with Gasteiger partial charge in [0.05, 0.1) is 30.8 Å². The number of benzene rings is 1. The summed E-state index contributed by atoms with van der Waals surface area (Å²) in [6, 6.07) is 5.48. The van der Waals surface area contributed by atoms with Crippen LogP contribution < -0.4 is 0 Å². The van der Waals surface area contributed by atoms with Gasteiger partial charge in [-0.3, -0.25) is 15.0 Å². The summed E-state index contributed by atoms with van der Waals surface area (Å²) in [5.74, 6) is 0. The summed E-state index contributed by atoms with van der Waals surface area (Å²) in [4.78, 5) is 11.8. The second-order valence-corrected chi connectivity index (χ2v) is 4.03. The van der Waals surface area contributed by atoms with Crippen molar-refractivity contribution in [2.45, 2.75) is 6.04 Å². The van der Waals surface area contributed by atoms with Gasteiger partial charge in [0.15, 0.2) is 0 Å². The highest BCUT2D eigenvalue weighted by molar-refractivity contribution is 5.34. The highest BCUT2D eigenvalue weighted by Gasteiger charge is 2.19. The van der Waals surface area contributed by atoms with E-state index in [-0.39, 0.29) is 25.5 Å². The molecule has 0 heterocycles. The standard InChI is InChI=1S/C12H18N2O5/c15-7-5-13(6-8-16)12(9-17)10-1-3-11(4-2-10)14(18)19/h1-4,12,15-17H,5-9H2. The fraction of sp³-hybridized carbons (Fsp3) is 0.500. The molecule has 0 spiro atoms. The Kier molecular flexibility index (Phi) is 6.37. The van der Waals surface area contributed by atoms with Crippen molar-refractivity contribution < 1.29 is 20.2 Å². The molecule has 1 rings (SSSR count). The van der Waals surface area contributed by atoms with Crippen molar-refractivity contribution >= 4 is 5.69 Å². The van der Waals surface area contributed by atoms with Crippen molar-refractivity contribution in [2.24, 2.45) is 0 Å². The summed E-state index contributed by atoms with van der Waals surface area (Å²) < 4.78 is 0. The number of aliphatic hydroxyl groups excluding tert-OH is 3. The lowest BCUT2D eigenvalue weighted by atomic mass is 10.1. The molecule has 0 aliphatic heterocycles. The number of aliphatic hydroxyl groups is 3. The van der Waals surface area contributed by atoms with Gasteiger partial charge in [0.1, 0.15) is 0 Å². The summed E-state index contributed by atoms with van der Waals surface area (Å²) >= 11 is 0. The van der Waals surface area contributed by atoms with Crippen LogP contribution >= 0.6 is 0 Å². The molecule has 1 atom stereocenters. The van der Waals surface area contributed by atoms with E-state index in [2.05, 4.69) is 0 Å². The lowest BCUT2D eigenvalue weighted by molar-refractivity contribution is -0.384. The predicted octanol–water partition coefficient (Wildman–Crippen LogP) is -0.0852. The van der Waals surface area contributed by atoms with Crippen molar-refractivity contribution in [3.05, 3.63) is 39.9 Å². The predicted molar refractivity (Wildman–Crippen MR) is 68.7 cm³/mol. The molecule has 19 heavy (non-hydrogen) atoms. The molecule has 0 aliphatic rings. The highest BCUT2D eigenvalue weighted by Crippen LogP contribution is 2.22. The number of non-ortho nitro benzene ring substituents is 1. The molecule has 0 radical (unpaired) electrons. The van der Waals surface area contributed by atoms with Crippen LogP contribution in [0.5, 0.6) is 0 Å². The van der Waals surface area contributed by atoms with Crippen LogP contribution in [-0.2, 0) is 0 Å². The van der Waals surface area contributed by atoms with Gasteiger partial charge in [-0.25, -0.2) is 0 Å². The monoisotopic (exact) mass is 270 g/mol. The molecule has 0 bridgehead atoms. The first-order valence-corrected chi connectivity index (χ1v) is 5.95. The van der Waals surface area contributed by atoms with Crippen LogP contribution in [0.1, 0.15) is 11.6 Å². The number of hydrogen-bond donors (Lipinski definition) is 3. The summed E-state index contributed by atoms with van der Waals surface area (Å²) in [6.45, 7) is 0.232. The number of nitrogens with zero attached hydrogens (tertiary/aromatic N) is 2. The zero-order chi connectivity index (χ0) is 14.3. The Morgan fingerprint density at radius 2 is 1.63 bits per heavy atom. The molecule has 7 heteroatoms. The number of hydrogen-bond acceptors (Lipinski definition) is 6. The van der Waals surface area contributed by atoms with Crippen molar-refractivity contribution in [1.29, 1.82) is 0 Å². The van der Waals surface area contributed by atoms with Crippen LogP contribution in [0.3, 0.4) is 0 Å². The average molecular weight is 270 g/mol. The molecule has 106 valence electrons. The lowest BCUT2D eigenvalue weighted by Gasteiger charge is -2.29. The first kappa shape index (κ1) is 15.5. The molecule has 1 aromatic rings. The van der Waals surface area contributed by atoms with Crippen LogP contribution in [0.25, 0.3) is 0 Å². The Hall–Kier alpha value is -1.54. The SMILES string of the molecule is O=[N+]([O-])c1ccc(C(CO)N(CCO)CCO)cc1. The first-order valence-electron chi connectivity index (χ1n) is 5.95. The van der Waals surface area contributed by atoms with Gasteiger partial charge >= 0.3 is 0 Å². The van der Waals surface area contributed by atoms with E-state index in [1.807, 2.05) is 0 Å². The Labute approximate surface area is 110 Å². The molecule has 7 nitrogen and oxygen atoms in total. The summed E-state index contributed by atoms with van der Waals surface area (Å²) in [5, 5.41) is 38.0. The molecule has 1 unspecified atom stereocenters. The molecule has 0 saturated carbocycles. The topological polar surface area (TPSA) is 107 Å². The van der Waals surface area contributed by atoms with Crippen LogP contribution in [-0.4, -0.2) is 58.1 Å². The average Bonchev–Trinajstić information content (AvgIpc) is 2.40. The molecular formula is C12H18N2O5. The van der Waals surface area contributed by atoms with Gasteiger partial charge in [0, 0.05) is 25.2 Å². The van der Waals surface area contributed by atoms with Gasteiger partial charge in [0.2, 0.25) is 0 Å². The number of nitro benzene ring substituents is 1. The van der Waals surface area contributed by atoms with Crippen molar-refractivity contribution in [2.75, 3.05) is 32.9 Å². The summed E-state index contributed by atoms with van der Waals surface area (Å²) in [7, 11) is 0. The second kappa shape index (κ2) is 7.80. The number of nitro groups is 1. The largest absolute Gasteiger partial charge is 0.395 e. The van der Waals surface area contributed by atoms with Gasteiger partial charge in [-0.2, -0.15) is 0 Å². The van der Waals surface area contributed by atoms with E-state index in [0.717, 1.165) is 0 Å². The van der Waals surface area contributed by atoms with Crippen LogP contribution in [0.4, 0.5) is 5.69 Å². The van der Waals surface area contributed by atoms with E-state index in [9.17, 15) is 15.2 Å². The first-order chi connectivity index (χ1) is 9.13. The Balaban J connectivity index is 2.90. The van der Waals surface area contributed by atoms with Crippen molar-refractivity contribution in [3.63, 3.8) is 0 Å². The minimum absolute atomic E-state index is 0.0173. The zero-order valence-electron chi connectivity index (χ0n) is 10.5. The molecule has 0 saturated heterocycles. The molecular weight excluding hydrogens is 252 g/mol. The molecule has 3 N–H and O–H groups in total. The highest BCUT2D eigenvalue weighted by atomic mass is 16.6. The third-order valence-electron chi connectivity index (χ3n) is 2.88. The van der Waals surface area contributed by atoms with E-state index in [1.165, 1.54) is 12.1 Å². The normalized spacial score (nSPS) is 12.6. The van der Waals surface area contributed by atoms with Gasteiger partial charge in [-0.15, -0.1) is 0 Å². The van der Waals surface area contributed by atoms with Crippen LogP contribution in [0.2, 0.25) is 0 Å². The van der Waals surface area contributed by atoms with Gasteiger partial charge < -0.3 is 15.3 Å². The van der Waals surface area contributed by atoms with Crippen LogP contribution in [0, 0.1) is 10.1 Å². The minimum atomic E-state index is -0.489. The minimum Gasteiger partial charge on any atom is -0.395 e. The lowest BCUT2D eigenvalue weighted by Crippen LogP contribution is -2.35. The maximum atomic E-state index is 10.6. The number of rotatable bonds is 8. The molecule has 0 amide bonds. The molecule has 1 aromatic carbocycles. The third kappa shape index (κ3) is 4.25. The van der Waals surface area contributed by atoms with E-state index < -0.39 is 11.0 Å². The fourth-order valence-electron chi connectivity index (χ4n) is 1.93. The van der Waals surface area contributed by atoms with E-state index in [0.29, 0.717) is 18.7 Å². The third-order valence-corrected chi connectivity index (χ3v) is 2.88. The van der Waals surface area contributed by atoms with Crippen molar-refractivity contribution in [1.82, 2.24) is 4.90 Å². The summed E-state index contributed by atoms with van der Waals surface area (Å²) in [5.41, 5.74) is 0.686. The van der Waals surface area contributed by atoms with Gasteiger partial charge in [0.25, 0.3) is 5.69 Å². The van der Waals surface area contributed by atoms with E-state index in [1.54, 1.807) is 17.0 Å². The Morgan fingerprint density at radius 3 is 2.00 bits per heavy atom.